The van der Waals surface area contributed by atoms with Crippen molar-refractivity contribution in [3.63, 3.8) is 0 Å². The molecule has 0 saturated carbocycles. The first-order valence-corrected chi connectivity index (χ1v) is 6.32. The van der Waals surface area contributed by atoms with Gasteiger partial charge < -0.3 is 5.73 Å². The average molecular weight is 303 g/mol. The van der Waals surface area contributed by atoms with E-state index in [9.17, 15) is 0 Å². The summed E-state index contributed by atoms with van der Waals surface area (Å²) >= 11 is 3.45. The Morgan fingerprint density at radius 2 is 2.11 bits per heavy atom. The van der Waals surface area contributed by atoms with Gasteiger partial charge in [-0.25, -0.2) is 9.67 Å². The number of rotatable bonds is 1. The minimum absolute atomic E-state index is 0.500. The van der Waals surface area contributed by atoms with Crippen molar-refractivity contribution in [1.29, 1.82) is 0 Å². The molecule has 1 aromatic carbocycles. The molecule has 0 saturated heterocycles. The molecule has 0 aliphatic rings. The third kappa shape index (κ3) is 1.67. The Kier molecular flexibility index (Phi) is 2.56. The maximum atomic E-state index is 5.91. The van der Waals surface area contributed by atoms with Crippen LogP contribution in [0.5, 0.6) is 0 Å². The van der Waals surface area contributed by atoms with Gasteiger partial charge in [-0.05, 0) is 42.8 Å². The van der Waals surface area contributed by atoms with Gasteiger partial charge in [0, 0.05) is 10.7 Å². The van der Waals surface area contributed by atoms with Crippen LogP contribution in [-0.4, -0.2) is 14.8 Å². The Balaban J connectivity index is 2.32. The van der Waals surface area contributed by atoms with Crippen molar-refractivity contribution in [2.75, 3.05) is 5.73 Å². The number of aromatic nitrogens is 3. The van der Waals surface area contributed by atoms with E-state index in [1.54, 1.807) is 10.9 Å². The Morgan fingerprint density at radius 1 is 1.28 bits per heavy atom. The van der Waals surface area contributed by atoms with Gasteiger partial charge in [-0.3, -0.25) is 0 Å². The molecule has 3 rings (SSSR count). The van der Waals surface area contributed by atoms with Crippen molar-refractivity contribution < 1.29 is 0 Å². The Morgan fingerprint density at radius 3 is 2.89 bits per heavy atom. The molecule has 0 unspecified atom stereocenters. The standard InChI is InChI=1S/C13H11BrN4/c1-8-7-9(14)4-5-11(8)18-13-10(12(15)17-18)3-2-6-16-13/h2-7H,1H3,(H2,15,17). The number of pyridine rings is 1. The summed E-state index contributed by atoms with van der Waals surface area (Å²) in [5.41, 5.74) is 8.79. The second-order valence-corrected chi connectivity index (χ2v) is 5.02. The molecule has 2 heterocycles. The van der Waals surface area contributed by atoms with Crippen molar-refractivity contribution >= 4 is 32.8 Å². The summed E-state index contributed by atoms with van der Waals surface area (Å²) < 4.78 is 2.83. The first kappa shape index (κ1) is 11.2. The van der Waals surface area contributed by atoms with Gasteiger partial charge in [0.25, 0.3) is 0 Å². The lowest BCUT2D eigenvalue weighted by Gasteiger charge is -2.06. The van der Waals surface area contributed by atoms with Gasteiger partial charge in [-0.1, -0.05) is 15.9 Å². The van der Waals surface area contributed by atoms with Crippen LogP contribution in [0.4, 0.5) is 5.82 Å². The normalized spacial score (nSPS) is 11.0. The first-order valence-electron chi connectivity index (χ1n) is 5.52. The number of halogens is 1. The van der Waals surface area contributed by atoms with Crippen LogP contribution in [0.2, 0.25) is 0 Å². The van der Waals surface area contributed by atoms with Crippen LogP contribution >= 0.6 is 15.9 Å². The number of aryl methyl sites for hydroxylation is 1. The lowest BCUT2D eigenvalue weighted by molar-refractivity contribution is 0.894. The maximum absolute atomic E-state index is 5.91. The lowest BCUT2D eigenvalue weighted by Crippen LogP contribution is -2.00. The number of anilines is 1. The fourth-order valence-corrected chi connectivity index (χ4v) is 2.47. The zero-order chi connectivity index (χ0) is 12.7. The molecule has 2 aromatic heterocycles. The van der Waals surface area contributed by atoms with E-state index in [-0.39, 0.29) is 0 Å². The number of benzene rings is 1. The molecule has 0 fully saturated rings. The van der Waals surface area contributed by atoms with E-state index in [0.717, 1.165) is 26.8 Å². The lowest BCUT2D eigenvalue weighted by atomic mass is 10.2. The molecular formula is C13H11BrN4. The molecule has 90 valence electrons. The van der Waals surface area contributed by atoms with Gasteiger partial charge in [0.15, 0.2) is 11.5 Å². The van der Waals surface area contributed by atoms with Gasteiger partial charge in [-0.15, -0.1) is 5.10 Å². The Hall–Kier alpha value is -1.88. The number of nitrogen functional groups attached to an aromatic ring is 1. The predicted octanol–water partition coefficient (Wildman–Crippen LogP) is 3.07. The smallest absolute Gasteiger partial charge is 0.165 e. The zero-order valence-electron chi connectivity index (χ0n) is 9.76. The monoisotopic (exact) mass is 302 g/mol. The minimum atomic E-state index is 0.500. The molecule has 0 spiro atoms. The van der Waals surface area contributed by atoms with E-state index in [2.05, 4.69) is 26.0 Å². The van der Waals surface area contributed by atoms with Gasteiger partial charge >= 0.3 is 0 Å². The molecule has 4 nitrogen and oxygen atoms in total. The van der Waals surface area contributed by atoms with Crippen LogP contribution in [-0.2, 0) is 0 Å². The minimum Gasteiger partial charge on any atom is -0.382 e. The molecule has 0 amide bonds. The molecule has 0 aliphatic heterocycles. The number of hydrogen-bond acceptors (Lipinski definition) is 3. The van der Waals surface area contributed by atoms with Gasteiger partial charge in [0.2, 0.25) is 0 Å². The Labute approximate surface area is 113 Å². The molecule has 0 aliphatic carbocycles. The van der Waals surface area contributed by atoms with Crippen molar-refractivity contribution in [3.8, 4) is 5.69 Å². The second kappa shape index (κ2) is 4.10. The van der Waals surface area contributed by atoms with E-state index in [0.29, 0.717) is 5.82 Å². The number of fused-ring (bicyclic) bond motifs is 1. The topological polar surface area (TPSA) is 56.7 Å². The van der Waals surface area contributed by atoms with E-state index in [4.69, 9.17) is 5.73 Å². The highest BCUT2D eigenvalue weighted by atomic mass is 79.9. The third-order valence-corrected chi connectivity index (χ3v) is 3.35. The van der Waals surface area contributed by atoms with Crippen LogP contribution in [0.15, 0.2) is 41.0 Å². The molecule has 0 radical (unpaired) electrons. The van der Waals surface area contributed by atoms with Crippen LogP contribution in [0.25, 0.3) is 16.7 Å². The quantitative estimate of drug-likeness (QED) is 0.751. The number of nitrogens with zero attached hydrogens (tertiary/aromatic N) is 3. The molecule has 3 aromatic rings. The van der Waals surface area contributed by atoms with Crippen molar-refractivity contribution in [2.24, 2.45) is 0 Å². The molecule has 5 heteroatoms. The van der Waals surface area contributed by atoms with Crippen molar-refractivity contribution in [1.82, 2.24) is 14.8 Å². The highest BCUT2D eigenvalue weighted by Crippen LogP contribution is 2.25. The van der Waals surface area contributed by atoms with E-state index in [1.165, 1.54) is 0 Å². The summed E-state index contributed by atoms with van der Waals surface area (Å²) in [4.78, 5) is 4.35. The summed E-state index contributed by atoms with van der Waals surface area (Å²) in [6.45, 7) is 2.03. The molecule has 2 N–H and O–H groups in total. The van der Waals surface area contributed by atoms with Gasteiger partial charge in [0.1, 0.15) is 0 Å². The molecular weight excluding hydrogens is 292 g/mol. The van der Waals surface area contributed by atoms with Crippen LogP contribution in [0.1, 0.15) is 5.56 Å². The maximum Gasteiger partial charge on any atom is 0.165 e. The Bertz CT molecular complexity index is 733. The van der Waals surface area contributed by atoms with E-state index in [1.807, 2.05) is 37.3 Å². The SMILES string of the molecule is Cc1cc(Br)ccc1-n1nc(N)c2cccnc21. The highest BCUT2D eigenvalue weighted by Gasteiger charge is 2.11. The summed E-state index contributed by atoms with van der Waals surface area (Å²) in [6, 6.07) is 9.81. The van der Waals surface area contributed by atoms with Crippen LogP contribution in [0.3, 0.4) is 0 Å². The third-order valence-electron chi connectivity index (χ3n) is 2.86. The van der Waals surface area contributed by atoms with Gasteiger partial charge in [0.05, 0.1) is 11.1 Å². The number of hydrogen-bond donors (Lipinski definition) is 1. The van der Waals surface area contributed by atoms with E-state index >= 15 is 0 Å². The zero-order valence-corrected chi connectivity index (χ0v) is 11.3. The van der Waals surface area contributed by atoms with E-state index < -0.39 is 0 Å². The number of nitrogens with two attached hydrogens (primary N) is 1. The van der Waals surface area contributed by atoms with Gasteiger partial charge in [-0.2, -0.15) is 0 Å². The fourth-order valence-electron chi connectivity index (χ4n) is 2.00. The first-order chi connectivity index (χ1) is 8.66. The summed E-state index contributed by atoms with van der Waals surface area (Å²) in [7, 11) is 0. The summed E-state index contributed by atoms with van der Waals surface area (Å²) in [6.07, 6.45) is 1.74. The predicted molar refractivity (Wildman–Crippen MR) is 75.7 cm³/mol. The molecule has 18 heavy (non-hydrogen) atoms. The van der Waals surface area contributed by atoms with Crippen LogP contribution in [0, 0.1) is 6.92 Å². The average Bonchev–Trinajstić information content (AvgIpc) is 2.68. The molecule has 0 atom stereocenters. The highest BCUT2D eigenvalue weighted by molar-refractivity contribution is 9.10. The van der Waals surface area contributed by atoms with Crippen molar-refractivity contribution in [2.45, 2.75) is 6.92 Å². The summed E-state index contributed by atoms with van der Waals surface area (Å²) in [5, 5.41) is 5.24. The van der Waals surface area contributed by atoms with Crippen molar-refractivity contribution in [3.05, 3.63) is 46.6 Å². The largest absolute Gasteiger partial charge is 0.382 e. The second-order valence-electron chi connectivity index (χ2n) is 4.10. The molecule has 0 bridgehead atoms. The van der Waals surface area contributed by atoms with Crippen LogP contribution < -0.4 is 5.73 Å². The fraction of sp³-hybridized carbons (Fsp3) is 0.0769. The summed E-state index contributed by atoms with van der Waals surface area (Å²) in [5.74, 6) is 0.500.